The van der Waals surface area contributed by atoms with Crippen molar-refractivity contribution in [1.82, 2.24) is 0 Å². The Kier molecular flexibility index (Phi) is 51.0. The zero-order valence-electron chi connectivity index (χ0n) is 73.7. The molecular weight excluding hydrogens is 1920 g/mol. The fourth-order valence-electron chi connectivity index (χ4n) is 15.8. The van der Waals surface area contributed by atoms with Crippen LogP contribution in [0.2, 0.25) is 0 Å². The minimum Gasteiger partial charge on any atom is -0.469 e. The van der Waals surface area contributed by atoms with Gasteiger partial charge in [0.2, 0.25) is 0 Å². The predicted molar refractivity (Wildman–Crippen MR) is 466 cm³/mol. The highest BCUT2D eigenvalue weighted by atomic mass is 32.2. The maximum Gasteiger partial charge on any atom is 0.306 e. The van der Waals surface area contributed by atoms with Crippen molar-refractivity contribution in [2.45, 2.75) is 323 Å². The van der Waals surface area contributed by atoms with Crippen LogP contribution in [-0.4, -0.2) is 499 Å². The second-order valence-corrected chi connectivity index (χ2v) is 40.3. The molecule has 768 valence electrons. The largest absolute Gasteiger partial charge is 0.469 e. The third-order valence-corrected chi connectivity index (χ3v) is 30.8. The molecule has 30 heterocycles. The zero-order chi connectivity index (χ0) is 96.4. The van der Waals surface area contributed by atoms with Crippen molar-refractivity contribution in [3.05, 3.63) is 0 Å². The molecule has 30 aliphatic heterocycles. The molecule has 0 aromatic heterocycles. The molecule has 0 saturated carbocycles. The van der Waals surface area contributed by atoms with Crippen LogP contribution in [0.3, 0.4) is 0 Å². The van der Waals surface area contributed by atoms with Gasteiger partial charge in [0.25, 0.3) is 25.9 Å². The van der Waals surface area contributed by atoms with Crippen LogP contribution in [-0.2, 0) is 143 Å². The van der Waals surface area contributed by atoms with E-state index in [-0.39, 0.29) is 178 Å². The highest BCUT2D eigenvalue weighted by molar-refractivity contribution is 8.00. The molecular formula is C80H130O46S7. The van der Waals surface area contributed by atoms with Gasteiger partial charge in [0.1, 0.15) is 146 Å². The minimum atomic E-state index is -2.22. The topological polar surface area (TPSA) is 655 Å². The maximum atomic E-state index is 12.5. The Labute approximate surface area is 797 Å². The van der Waals surface area contributed by atoms with Crippen molar-refractivity contribution in [3.63, 3.8) is 0 Å². The SMILES string of the molecule is CCCSCC1O[C@@H]2O[C@@H]3C(CSCCC(=O)OC)O[C@H](O[C@@H]4C(CSCCC(=O)OC)O[C@H](O[C@@H]5C(CSCCC(=O)OC)O[C@H](O[C@@H]6C(CSCCCOC=O)O[C@H](O[C@@H]7C(CSCCCOC=O)O[C@@H](O[C@@H]8C(CSCCCOC=O)O[C@H](O[C@@H]9C(CCCCCOC=O)O[C@H](O[C@H]1[C@H](O)C2O)C(O)[C@H]9O)C(O)[C@H]8O)C(O)[C@H]7O)C(O)[C@H]6O)C(O)[C@H]5O)C(O)[C@H]4O)C(O)[C@H]3O. The molecule has 30 fully saturated rings. The van der Waals surface area contributed by atoms with Gasteiger partial charge in [-0.3, -0.25) is 33.6 Å². The Balaban J connectivity index is 1.12. The number of hydrogen-bond donors (Lipinski definition) is 16. The van der Waals surface area contributed by atoms with Gasteiger partial charge in [-0.25, -0.2) is 0 Å². The molecule has 0 aliphatic carbocycles. The lowest BCUT2D eigenvalue weighted by atomic mass is 9.93. The van der Waals surface area contributed by atoms with Crippen LogP contribution in [0.1, 0.15) is 77.6 Å². The van der Waals surface area contributed by atoms with Crippen molar-refractivity contribution >= 4 is 126 Å². The Bertz CT molecular complexity index is 3360. The van der Waals surface area contributed by atoms with Gasteiger partial charge in [-0.05, 0) is 68.0 Å². The molecule has 30 aliphatic rings. The van der Waals surface area contributed by atoms with Crippen LogP contribution in [0.15, 0.2) is 0 Å². The van der Waals surface area contributed by atoms with Crippen molar-refractivity contribution < 1.29 is 224 Å². The van der Waals surface area contributed by atoms with Crippen LogP contribution in [0.25, 0.3) is 0 Å². The average Bonchev–Trinajstić information content (AvgIpc) is 0.769. The van der Waals surface area contributed by atoms with Gasteiger partial charge in [-0.2, -0.15) is 82.3 Å². The first-order valence-electron chi connectivity index (χ1n) is 43.9. The monoisotopic (exact) mass is 2050 g/mol. The summed E-state index contributed by atoms with van der Waals surface area (Å²) in [4.78, 5) is 81.9. The molecule has 16 unspecified atom stereocenters. The van der Waals surface area contributed by atoms with Crippen molar-refractivity contribution in [1.29, 1.82) is 0 Å². The fraction of sp³-hybridized carbons (Fsp3) is 0.912. The highest BCUT2D eigenvalue weighted by Crippen LogP contribution is 2.43. The number of carbonyl (C=O) groups is 7. The first-order chi connectivity index (χ1) is 64.1. The van der Waals surface area contributed by atoms with Gasteiger partial charge in [-0.1, -0.05) is 13.3 Å². The van der Waals surface area contributed by atoms with Gasteiger partial charge in [-0.15, -0.1) is 0 Å². The number of methoxy groups -OCH3 is 3. The summed E-state index contributed by atoms with van der Waals surface area (Å²) in [6, 6.07) is 0. The number of unbranched alkanes of at least 4 members (excludes halogenated alkanes) is 2. The van der Waals surface area contributed by atoms with Gasteiger partial charge >= 0.3 is 17.9 Å². The number of aliphatic hydroxyl groups is 16. The fourth-order valence-corrected chi connectivity index (χ4v) is 22.7. The first-order valence-corrected chi connectivity index (χ1v) is 52.0. The van der Waals surface area contributed by atoms with Crippen LogP contribution in [0, 0.1) is 0 Å². The average molecular weight is 2050 g/mol. The van der Waals surface area contributed by atoms with Crippen LogP contribution in [0.5, 0.6) is 0 Å². The number of thioether (sulfide) groups is 7. The quantitative estimate of drug-likeness (QED) is 0.0117. The summed E-state index contributed by atoms with van der Waals surface area (Å²) in [6.07, 6.45) is -74.0. The molecule has 133 heavy (non-hydrogen) atoms. The van der Waals surface area contributed by atoms with E-state index in [0.717, 1.165) is 58.8 Å². The summed E-state index contributed by atoms with van der Waals surface area (Å²) in [6.45, 7) is 2.84. The minimum absolute atomic E-state index is 0.00868. The molecule has 53 heteroatoms. The smallest absolute Gasteiger partial charge is 0.306 e. The predicted octanol–water partition coefficient (Wildman–Crippen LogP) is -5.69. The molecule has 40 atom stereocenters. The first kappa shape index (κ1) is 114. The second kappa shape index (κ2) is 59.5. The van der Waals surface area contributed by atoms with Crippen molar-refractivity contribution in [2.24, 2.45) is 0 Å². The molecule has 16 bridgehead atoms. The number of ether oxygens (including phenoxy) is 23. The molecule has 0 radical (unpaired) electrons. The molecule has 46 nitrogen and oxygen atoms in total. The lowest BCUT2D eigenvalue weighted by Crippen LogP contribution is -2.68. The Morgan fingerprint density at radius 3 is 0.632 bits per heavy atom. The number of rotatable bonds is 47. The summed E-state index contributed by atoms with van der Waals surface area (Å²) in [5.41, 5.74) is 0. The third kappa shape index (κ3) is 32.7. The molecule has 30 saturated heterocycles. The van der Waals surface area contributed by atoms with E-state index in [4.69, 9.17) is 109 Å². The van der Waals surface area contributed by atoms with E-state index in [1.807, 2.05) is 6.92 Å². The summed E-state index contributed by atoms with van der Waals surface area (Å²) < 4.78 is 137. The summed E-state index contributed by atoms with van der Waals surface area (Å²) in [5.74, 6) is -1.71. The van der Waals surface area contributed by atoms with E-state index in [9.17, 15) is 115 Å². The van der Waals surface area contributed by atoms with Gasteiger partial charge in [0.15, 0.2) is 50.3 Å². The normalized spacial score (nSPS) is 40.2. The highest BCUT2D eigenvalue weighted by Gasteiger charge is 2.61. The molecule has 30 rings (SSSR count). The van der Waals surface area contributed by atoms with E-state index < -0.39 is 264 Å². The van der Waals surface area contributed by atoms with Gasteiger partial charge in [0, 0.05) is 57.5 Å². The Morgan fingerprint density at radius 2 is 0.429 bits per heavy atom. The Morgan fingerprint density at radius 1 is 0.241 bits per heavy atom. The molecule has 0 spiro atoms. The second-order valence-electron chi connectivity index (χ2n) is 32.3. The number of hydrogen-bond acceptors (Lipinski definition) is 53. The van der Waals surface area contributed by atoms with E-state index in [2.05, 4.69) is 0 Å². The van der Waals surface area contributed by atoms with E-state index in [1.165, 1.54) is 44.9 Å². The van der Waals surface area contributed by atoms with Crippen LogP contribution < -0.4 is 0 Å². The van der Waals surface area contributed by atoms with Crippen LogP contribution in [0.4, 0.5) is 0 Å². The number of aliphatic hydroxyl groups excluding tert-OH is 16. The summed E-state index contributed by atoms with van der Waals surface area (Å²) >= 11 is 7.95. The molecule has 0 amide bonds. The van der Waals surface area contributed by atoms with Crippen molar-refractivity contribution in [2.75, 3.05) is 128 Å². The summed E-state index contributed by atoms with van der Waals surface area (Å²) in [7, 11) is 3.51. The van der Waals surface area contributed by atoms with Crippen molar-refractivity contribution in [3.8, 4) is 0 Å². The van der Waals surface area contributed by atoms with Gasteiger partial charge < -0.3 is 191 Å². The maximum absolute atomic E-state index is 12.5. The molecule has 0 aromatic carbocycles. The number of carbonyl (C=O) groups excluding carboxylic acids is 7. The third-order valence-electron chi connectivity index (χ3n) is 23.0. The molecule has 16 N–H and O–H groups in total. The number of esters is 3. The Hall–Kier alpha value is -2.54. The lowest BCUT2D eigenvalue weighted by Gasteiger charge is -2.51. The summed E-state index contributed by atoms with van der Waals surface area (Å²) in [5, 5.41) is 198. The van der Waals surface area contributed by atoms with E-state index in [1.54, 1.807) is 0 Å². The standard InChI is InChI=1S/C80H130O46S7/c1-5-20-127-27-39-66-51(90)59(98)75(112-39)124-70-43(31-131-24-13-46(85)104-2)117-79(63(102)55(70)94)126-72-45(33-133-26-15-48(87)106-4)118-80(64(103)56(72)95)125-71-44(32-132-25-14-47(86)105-3)116-78(62(101)54(71)93)123-69-42(30-130-23-11-19-110-37-84)115-77(61(100)53(69)92)122-68-41(29-129-22-10-18-109-36-83)114-76(60(99)52(68)91)121-67-40(28-128-21-9-17-108-35-82)113-74(58(97)50(67)89)119-65-38(12-7-6-8-16-107-34-81)111-73(120-66)57(96)49(65)88/h34-45,49-80,88-103H,5-33H2,1-4H3/t38?,39?,40?,41?,42?,43?,44?,45?,49-,50-,51-,52-,53-,54-,55-,56-,57?,58?,59?,60?,61?,62?,63?,64?,65-,66-,67-,68-,69-,70-,71-,72-,73-,74-,75-,76+,77-,78-,79-,80-/m1/s1. The zero-order valence-corrected chi connectivity index (χ0v) is 79.4. The van der Waals surface area contributed by atoms with E-state index in [0.29, 0.717) is 25.0 Å². The van der Waals surface area contributed by atoms with Crippen LogP contribution >= 0.6 is 82.3 Å². The van der Waals surface area contributed by atoms with Gasteiger partial charge in [0.05, 0.1) is 116 Å². The molecule has 0 aromatic rings. The lowest BCUT2D eigenvalue weighted by molar-refractivity contribution is -0.397. The van der Waals surface area contributed by atoms with E-state index >= 15 is 0 Å².